The number of rotatable bonds is 8. The smallest absolute Gasteiger partial charge is 0.248 e. The molecule has 2 saturated heterocycles. The molecule has 9 nitrogen and oxygen atoms in total. The Hall–Kier alpha value is -2.26. The summed E-state index contributed by atoms with van der Waals surface area (Å²) in [6.07, 6.45) is 2.13. The molecule has 1 aromatic heterocycles. The lowest BCUT2D eigenvalue weighted by atomic mass is 9.95. The zero-order chi connectivity index (χ0) is 21.7. The highest BCUT2D eigenvalue weighted by molar-refractivity contribution is 5.79. The molecule has 2 amide bonds. The zero-order valence-electron chi connectivity index (χ0n) is 18.5. The van der Waals surface area contributed by atoms with Crippen molar-refractivity contribution < 1.29 is 19.1 Å². The van der Waals surface area contributed by atoms with E-state index in [4.69, 9.17) is 19.4 Å². The van der Waals surface area contributed by atoms with Crippen LogP contribution in [-0.4, -0.2) is 99.3 Å². The number of carbonyl (C=O) groups is 2. The van der Waals surface area contributed by atoms with E-state index in [0.717, 1.165) is 30.2 Å². The fourth-order valence-corrected chi connectivity index (χ4v) is 4.08. The Kier molecular flexibility index (Phi) is 7.60. The molecule has 2 aliphatic rings. The van der Waals surface area contributed by atoms with E-state index < -0.39 is 0 Å². The average molecular weight is 420 g/mol. The molecular formula is C21H33N5O4. The SMILES string of the molecule is COCCN1C[C@@H](c2cc(N(C)C)nc(C3CCN(C(=O)COC)CC3)n2)CC1=O. The van der Waals surface area contributed by atoms with Gasteiger partial charge < -0.3 is 24.2 Å². The Morgan fingerprint density at radius 1 is 1.17 bits per heavy atom. The van der Waals surface area contributed by atoms with Gasteiger partial charge in [-0.25, -0.2) is 9.97 Å². The van der Waals surface area contributed by atoms with Gasteiger partial charge in [0.05, 0.1) is 12.3 Å². The topological polar surface area (TPSA) is 88.1 Å². The van der Waals surface area contributed by atoms with Gasteiger partial charge in [0, 0.05) is 78.8 Å². The summed E-state index contributed by atoms with van der Waals surface area (Å²) < 4.78 is 10.1. The lowest BCUT2D eigenvalue weighted by Gasteiger charge is -2.31. The Morgan fingerprint density at radius 3 is 2.53 bits per heavy atom. The number of likely N-dealkylation sites (tertiary alicyclic amines) is 2. The summed E-state index contributed by atoms with van der Waals surface area (Å²) in [7, 11) is 7.11. The first-order chi connectivity index (χ1) is 14.4. The lowest BCUT2D eigenvalue weighted by Crippen LogP contribution is -2.40. The first-order valence-electron chi connectivity index (χ1n) is 10.5. The molecule has 0 spiro atoms. The van der Waals surface area contributed by atoms with Crippen molar-refractivity contribution in [2.75, 3.05) is 72.6 Å². The summed E-state index contributed by atoms with van der Waals surface area (Å²) in [6.45, 7) is 3.30. The molecule has 0 unspecified atom stereocenters. The normalized spacial score (nSPS) is 20.1. The van der Waals surface area contributed by atoms with Gasteiger partial charge in [-0.2, -0.15) is 0 Å². The predicted molar refractivity (Wildman–Crippen MR) is 113 cm³/mol. The molecule has 30 heavy (non-hydrogen) atoms. The van der Waals surface area contributed by atoms with E-state index >= 15 is 0 Å². The van der Waals surface area contributed by atoms with Gasteiger partial charge in [0.25, 0.3) is 0 Å². The van der Waals surface area contributed by atoms with E-state index in [-0.39, 0.29) is 30.3 Å². The van der Waals surface area contributed by atoms with Crippen LogP contribution >= 0.6 is 0 Å². The highest BCUT2D eigenvalue weighted by Crippen LogP contribution is 2.32. The quantitative estimate of drug-likeness (QED) is 0.617. The van der Waals surface area contributed by atoms with Crippen LogP contribution in [0, 0.1) is 0 Å². The largest absolute Gasteiger partial charge is 0.383 e. The number of ether oxygens (including phenoxy) is 2. The number of piperidine rings is 1. The van der Waals surface area contributed by atoms with Gasteiger partial charge in [-0.3, -0.25) is 9.59 Å². The lowest BCUT2D eigenvalue weighted by molar-refractivity contribution is -0.136. The van der Waals surface area contributed by atoms with Crippen LogP contribution in [0.3, 0.4) is 0 Å². The maximum atomic E-state index is 12.4. The number of aromatic nitrogens is 2. The van der Waals surface area contributed by atoms with Crippen molar-refractivity contribution in [3.63, 3.8) is 0 Å². The van der Waals surface area contributed by atoms with Crippen LogP contribution in [0.2, 0.25) is 0 Å². The fourth-order valence-electron chi connectivity index (χ4n) is 4.08. The molecule has 3 heterocycles. The third-order valence-electron chi connectivity index (χ3n) is 5.89. The maximum absolute atomic E-state index is 12.4. The highest BCUT2D eigenvalue weighted by atomic mass is 16.5. The van der Waals surface area contributed by atoms with Gasteiger partial charge in [-0.05, 0) is 12.8 Å². The first kappa shape index (κ1) is 22.4. The number of methoxy groups -OCH3 is 2. The Morgan fingerprint density at radius 2 is 1.90 bits per heavy atom. The van der Waals surface area contributed by atoms with Crippen LogP contribution < -0.4 is 4.90 Å². The van der Waals surface area contributed by atoms with Crippen molar-refractivity contribution in [3.05, 3.63) is 17.6 Å². The fraction of sp³-hybridized carbons (Fsp3) is 0.714. The minimum atomic E-state index is 0.0280. The zero-order valence-corrected chi connectivity index (χ0v) is 18.5. The minimum absolute atomic E-state index is 0.0280. The van der Waals surface area contributed by atoms with Crippen LogP contribution in [-0.2, 0) is 19.1 Å². The molecule has 1 aromatic rings. The average Bonchev–Trinajstić information content (AvgIpc) is 3.12. The number of nitrogens with zero attached hydrogens (tertiary/aromatic N) is 5. The van der Waals surface area contributed by atoms with E-state index in [2.05, 4.69) is 0 Å². The van der Waals surface area contributed by atoms with Gasteiger partial charge in [0.1, 0.15) is 18.2 Å². The van der Waals surface area contributed by atoms with Crippen LogP contribution in [0.25, 0.3) is 0 Å². The van der Waals surface area contributed by atoms with E-state index in [1.807, 2.05) is 34.9 Å². The molecule has 3 rings (SSSR count). The number of amides is 2. The molecule has 2 fully saturated rings. The van der Waals surface area contributed by atoms with Gasteiger partial charge in [-0.15, -0.1) is 0 Å². The van der Waals surface area contributed by atoms with E-state index in [0.29, 0.717) is 39.2 Å². The Bertz CT molecular complexity index is 749. The second-order valence-corrected chi connectivity index (χ2v) is 8.23. The first-order valence-corrected chi connectivity index (χ1v) is 10.5. The second kappa shape index (κ2) is 10.2. The van der Waals surface area contributed by atoms with Gasteiger partial charge in [0.2, 0.25) is 11.8 Å². The van der Waals surface area contributed by atoms with Crippen molar-refractivity contribution >= 4 is 17.6 Å². The molecule has 0 radical (unpaired) electrons. The van der Waals surface area contributed by atoms with Crippen LogP contribution in [0.1, 0.15) is 42.6 Å². The molecule has 0 saturated carbocycles. The molecule has 1 atom stereocenters. The number of carbonyl (C=O) groups excluding carboxylic acids is 2. The van der Waals surface area contributed by atoms with Crippen LogP contribution in [0.5, 0.6) is 0 Å². The predicted octanol–water partition coefficient (Wildman–Crippen LogP) is 0.857. The van der Waals surface area contributed by atoms with E-state index in [1.165, 1.54) is 7.11 Å². The standard InChI is InChI=1S/C21H33N5O4/c1-24(2)18-12-17(16-11-19(27)26(13-16)9-10-29-3)22-21(23-18)15-5-7-25(8-6-15)20(28)14-30-4/h12,15-16H,5-11,13-14H2,1-4H3/t16-/m0/s1. The molecule has 9 heteroatoms. The van der Waals surface area contributed by atoms with Crippen molar-refractivity contribution in [1.29, 1.82) is 0 Å². The minimum Gasteiger partial charge on any atom is -0.383 e. The van der Waals surface area contributed by atoms with Crippen molar-refractivity contribution in [1.82, 2.24) is 19.8 Å². The maximum Gasteiger partial charge on any atom is 0.248 e. The van der Waals surface area contributed by atoms with Crippen molar-refractivity contribution in [3.8, 4) is 0 Å². The molecule has 2 aliphatic heterocycles. The summed E-state index contributed by atoms with van der Waals surface area (Å²) in [5.41, 5.74) is 0.926. The van der Waals surface area contributed by atoms with Gasteiger partial charge in [-0.1, -0.05) is 0 Å². The van der Waals surface area contributed by atoms with Crippen LogP contribution in [0.15, 0.2) is 6.07 Å². The summed E-state index contributed by atoms with van der Waals surface area (Å²) in [5, 5.41) is 0. The van der Waals surface area contributed by atoms with Crippen molar-refractivity contribution in [2.45, 2.75) is 31.1 Å². The van der Waals surface area contributed by atoms with Crippen LogP contribution in [0.4, 0.5) is 5.82 Å². The van der Waals surface area contributed by atoms with E-state index in [9.17, 15) is 9.59 Å². The number of hydrogen-bond acceptors (Lipinski definition) is 7. The molecule has 0 aromatic carbocycles. The third-order valence-corrected chi connectivity index (χ3v) is 5.89. The van der Waals surface area contributed by atoms with E-state index in [1.54, 1.807) is 7.11 Å². The second-order valence-electron chi connectivity index (χ2n) is 8.23. The Balaban J connectivity index is 1.74. The van der Waals surface area contributed by atoms with Gasteiger partial charge >= 0.3 is 0 Å². The molecule has 0 aliphatic carbocycles. The summed E-state index contributed by atoms with van der Waals surface area (Å²) >= 11 is 0. The third kappa shape index (κ3) is 5.26. The molecule has 0 N–H and O–H groups in total. The molecule has 0 bridgehead atoms. The monoisotopic (exact) mass is 419 g/mol. The number of hydrogen-bond donors (Lipinski definition) is 0. The van der Waals surface area contributed by atoms with Crippen molar-refractivity contribution in [2.24, 2.45) is 0 Å². The summed E-state index contributed by atoms with van der Waals surface area (Å²) in [6, 6.07) is 2.00. The summed E-state index contributed by atoms with van der Waals surface area (Å²) in [5.74, 6) is 2.12. The Labute approximate surface area is 178 Å². The molecule has 166 valence electrons. The number of anilines is 1. The molecular weight excluding hydrogens is 386 g/mol. The highest BCUT2D eigenvalue weighted by Gasteiger charge is 2.33. The summed E-state index contributed by atoms with van der Waals surface area (Å²) in [4.78, 5) is 39.8. The van der Waals surface area contributed by atoms with Gasteiger partial charge in [0.15, 0.2) is 0 Å².